The summed E-state index contributed by atoms with van der Waals surface area (Å²) in [5.41, 5.74) is 4.42. The zero-order valence-electron chi connectivity index (χ0n) is 14.1. The molecule has 3 unspecified atom stereocenters. The van der Waals surface area contributed by atoms with Gasteiger partial charge in [0.1, 0.15) is 24.1 Å². The van der Waals surface area contributed by atoms with Crippen molar-refractivity contribution < 1.29 is 107 Å². The van der Waals surface area contributed by atoms with Gasteiger partial charge in [0, 0.05) is 6.20 Å². The molecular weight excluding hydrogens is 434 g/mol. The minimum atomic E-state index is -5.62. The van der Waals surface area contributed by atoms with Crippen LogP contribution >= 0.6 is 15.6 Å². The van der Waals surface area contributed by atoms with Gasteiger partial charge in [0.05, 0.1) is 6.61 Å². The van der Waals surface area contributed by atoms with Crippen LogP contribution in [0.25, 0.3) is 0 Å². The fourth-order valence-corrected chi connectivity index (χ4v) is 3.56. The summed E-state index contributed by atoms with van der Waals surface area (Å²) >= 11 is 0. The van der Waals surface area contributed by atoms with Crippen LogP contribution in [0, 0.1) is 0 Å². The summed E-state index contributed by atoms with van der Waals surface area (Å²) in [4.78, 5) is 45.1. The Morgan fingerprint density at radius 3 is 2.41 bits per heavy atom. The Morgan fingerprint density at radius 1 is 1.30 bits per heavy atom. The van der Waals surface area contributed by atoms with E-state index in [2.05, 4.69) is 13.8 Å². The number of anilines is 1. The van der Waals surface area contributed by atoms with Crippen molar-refractivity contribution in [2.45, 2.75) is 24.5 Å². The van der Waals surface area contributed by atoms with Crippen LogP contribution < -0.4 is 80.3 Å². The zero-order valence-corrected chi connectivity index (χ0v) is 19.9. The molecule has 142 valence electrons. The largest absolute Gasteiger partial charge is 1.00 e. The molecule has 1 saturated heterocycles. The number of aliphatic hydroxyl groups is 2. The average molecular weight is 447 g/mol. The van der Waals surface area contributed by atoms with E-state index in [0.29, 0.717) is 0 Å². The fourth-order valence-electron chi connectivity index (χ4n) is 2.03. The molecule has 14 nitrogen and oxygen atoms in total. The van der Waals surface area contributed by atoms with Gasteiger partial charge in [-0.3, -0.25) is 13.7 Å². The van der Waals surface area contributed by atoms with E-state index in [0.717, 1.165) is 10.8 Å². The van der Waals surface area contributed by atoms with Crippen LogP contribution in [0.5, 0.6) is 0 Å². The minimum Gasteiger partial charge on any atom is -0.756 e. The summed E-state index contributed by atoms with van der Waals surface area (Å²) < 4.78 is 35.1. The number of phosphoric acid groups is 2. The number of rotatable bonds is 6. The van der Waals surface area contributed by atoms with Gasteiger partial charge in [0.25, 0.3) is 15.6 Å². The van der Waals surface area contributed by atoms with E-state index in [1.54, 1.807) is 0 Å². The van der Waals surface area contributed by atoms with Gasteiger partial charge in [0.15, 0.2) is 6.23 Å². The standard InChI is InChI=1S/C9H15N3O11P2.2Na/c10-5-1-2-12(9(15)11-5)8-7(14)6(13)4(22-8)3-21-25(19,20)23-24(16,17)18;;/h1-2,4,6-8,13-14H,3H2,(H,19,20)(H2,10,11,15)(H2,16,17,18);;/q;2*+1/p-2/t4-,6?,7+,8-;;/m1../s1. The quantitative estimate of drug-likeness (QED) is 0.235. The minimum absolute atomic E-state index is 0. The van der Waals surface area contributed by atoms with Crippen molar-refractivity contribution in [3.05, 3.63) is 22.7 Å². The number of nitrogens with zero attached hydrogens (tertiary/aromatic N) is 2. The molecule has 2 rings (SSSR count). The van der Waals surface area contributed by atoms with Crippen molar-refractivity contribution >= 4 is 21.5 Å². The molecule has 0 aromatic carbocycles. The second-order valence-electron chi connectivity index (χ2n) is 4.88. The normalized spacial score (nSPS) is 29.1. The van der Waals surface area contributed by atoms with Crippen LogP contribution in [0.15, 0.2) is 17.1 Å². The number of hydrogen-bond donors (Lipinski definition) is 4. The molecule has 18 heteroatoms. The molecule has 6 atom stereocenters. The Balaban J connectivity index is 0.00000338. The van der Waals surface area contributed by atoms with Crippen LogP contribution in [0.3, 0.4) is 0 Å². The number of aromatic nitrogens is 2. The third-order valence-corrected chi connectivity index (χ3v) is 5.15. The van der Waals surface area contributed by atoms with Crippen molar-refractivity contribution in [1.82, 2.24) is 9.55 Å². The average Bonchev–Trinajstić information content (AvgIpc) is 2.71. The smallest absolute Gasteiger partial charge is 0.756 e. The Kier molecular flexibility index (Phi) is 11.1. The Hall–Kier alpha value is 0.820. The summed E-state index contributed by atoms with van der Waals surface area (Å²) in [5, 5.41) is 19.8. The van der Waals surface area contributed by atoms with Crippen molar-refractivity contribution in [3.8, 4) is 0 Å². The fraction of sp³-hybridized carbons (Fsp3) is 0.556. The van der Waals surface area contributed by atoms with Crippen LogP contribution in [-0.2, 0) is 22.7 Å². The molecule has 2 heterocycles. The number of nitrogen functional groups attached to an aromatic ring is 1. The van der Waals surface area contributed by atoms with E-state index < -0.39 is 52.5 Å². The third kappa shape index (κ3) is 7.87. The van der Waals surface area contributed by atoms with Crippen LogP contribution in [0.2, 0.25) is 0 Å². The SMILES string of the molecule is Nc1ccn([C@@H]2O[C@H](COP(=O)([O-])OP(=O)([O-])O)C(O)[C@@H]2O)c(=O)n1.[Na+].[Na+]. The van der Waals surface area contributed by atoms with Crippen molar-refractivity contribution in [2.24, 2.45) is 0 Å². The molecule has 0 spiro atoms. The van der Waals surface area contributed by atoms with E-state index >= 15 is 0 Å². The maximum atomic E-state index is 11.7. The van der Waals surface area contributed by atoms with Gasteiger partial charge >= 0.3 is 64.8 Å². The predicted octanol–water partition coefficient (Wildman–Crippen LogP) is -9.59. The van der Waals surface area contributed by atoms with Crippen molar-refractivity contribution in [3.63, 3.8) is 0 Å². The summed E-state index contributed by atoms with van der Waals surface area (Å²) in [6, 6.07) is 1.22. The third-order valence-electron chi connectivity index (χ3n) is 3.06. The molecule has 0 saturated carbocycles. The van der Waals surface area contributed by atoms with Gasteiger partial charge in [-0.25, -0.2) is 9.11 Å². The maximum absolute atomic E-state index is 11.7. The number of ether oxygens (including phenoxy) is 1. The molecule has 0 amide bonds. The first-order valence-corrected chi connectivity index (χ1v) is 9.42. The molecule has 27 heavy (non-hydrogen) atoms. The van der Waals surface area contributed by atoms with Crippen LogP contribution in [0.1, 0.15) is 6.23 Å². The summed E-state index contributed by atoms with van der Waals surface area (Å²) in [6.45, 7) is -0.966. The molecule has 1 aromatic rings. The van der Waals surface area contributed by atoms with Crippen LogP contribution in [-0.4, -0.2) is 49.6 Å². The van der Waals surface area contributed by atoms with Crippen LogP contribution in [0.4, 0.5) is 5.82 Å². The van der Waals surface area contributed by atoms with Gasteiger partial charge in [0.2, 0.25) is 0 Å². The molecule has 0 bridgehead atoms. The summed E-state index contributed by atoms with van der Waals surface area (Å²) in [7, 11) is -11.1. The van der Waals surface area contributed by atoms with Gasteiger partial charge in [-0.1, -0.05) is 0 Å². The molecular formula is C9H13N3Na2O11P2. The van der Waals surface area contributed by atoms with E-state index in [-0.39, 0.29) is 64.9 Å². The zero-order chi connectivity index (χ0) is 19.0. The Labute approximate surface area is 196 Å². The van der Waals surface area contributed by atoms with E-state index in [1.807, 2.05) is 0 Å². The molecule has 1 aliphatic rings. The number of hydrogen-bond acceptors (Lipinski definition) is 12. The van der Waals surface area contributed by atoms with Gasteiger partial charge in [-0.2, -0.15) is 4.98 Å². The number of aliphatic hydroxyl groups excluding tert-OH is 2. The Bertz CT molecular complexity index is 789. The molecule has 1 aliphatic heterocycles. The summed E-state index contributed by atoms with van der Waals surface area (Å²) in [5.74, 6) is -0.0929. The van der Waals surface area contributed by atoms with E-state index in [4.69, 9.17) is 15.4 Å². The monoisotopic (exact) mass is 447 g/mol. The molecule has 0 aliphatic carbocycles. The van der Waals surface area contributed by atoms with E-state index in [9.17, 15) is 33.9 Å². The second kappa shape index (κ2) is 10.7. The topological polar surface area (TPSA) is 230 Å². The summed E-state index contributed by atoms with van der Waals surface area (Å²) in [6.07, 6.45) is -5.12. The molecule has 1 fully saturated rings. The first-order valence-electron chi connectivity index (χ1n) is 6.46. The molecule has 5 N–H and O–H groups in total. The first kappa shape index (κ1) is 27.8. The Morgan fingerprint density at radius 2 is 1.89 bits per heavy atom. The van der Waals surface area contributed by atoms with E-state index in [1.165, 1.54) is 6.07 Å². The van der Waals surface area contributed by atoms with Crippen molar-refractivity contribution in [1.29, 1.82) is 0 Å². The molecule has 1 aromatic heterocycles. The second-order valence-corrected chi connectivity index (χ2v) is 7.62. The predicted molar refractivity (Wildman–Crippen MR) is 73.3 cm³/mol. The van der Waals surface area contributed by atoms with Gasteiger partial charge in [-0.15, -0.1) is 0 Å². The number of phosphoric ester groups is 1. The van der Waals surface area contributed by atoms with Crippen molar-refractivity contribution in [2.75, 3.05) is 12.3 Å². The number of nitrogens with two attached hydrogens (primary N) is 1. The van der Waals surface area contributed by atoms with Gasteiger partial charge in [-0.05, 0) is 6.07 Å². The van der Waals surface area contributed by atoms with Gasteiger partial charge < -0.3 is 39.9 Å². The molecule has 0 radical (unpaired) electrons. The maximum Gasteiger partial charge on any atom is 1.00 e. The first-order chi connectivity index (χ1) is 11.4.